The van der Waals surface area contributed by atoms with E-state index in [9.17, 15) is 10.2 Å². The first-order valence-corrected chi connectivity index (χ1v) is 11.2. The van der Waals surface area contributed by atoms with Gasteiger partial charge in [-0.3, -0.25) is 21.3 Å². The van der Waals surface area contributed by atoms with Crippen LogP contribution in [0.3, 0.4) is 0 Å². The van der Waals surface area contributed by atoms with E-state index in [4.69, 9.17) is 12.6 Å². The first-order valence-electron chi connectivity index (χ1n) is 11.2. The van der Waals surface area contributed by atoms with E-state index in [-0.39, 0.29) is 30.4 Å². The molecule has 0 spiro atoms. The molecule has 168 valence electrons. The molecule has 1 aliphatic carbocycles. The first-order chi connectivity index (χ1) is 14.3. The zero-order valence-corrected chi connectivity index (χ0v) is 17.6. The summed E-state index contributed by atoms with van der Waals surface area (Å²) >= 11 is 0. The molecule has 8 unspecified atom stereocenters. The highest BCUT2D eigenvalue weighted by Gasteiger charge is 2.49. The SMILES string of the molecule is [B]C(O)(O)NC1CC(C)NC(NC2CC3CCOC3C(C3=CCNCCC3)C2F)N1. The molecule has 0 aromatic rings. The number of hydrogen-bond acceptors (Lipinski definition) is 8. The highest BCUT2D eigenvalue weighted by Crippen LogP contribution is 2.44. The standard InChI is InChI=1S/C20H35BFN5O3/c1-11-9-15(27-20(21,28)29)26-19(24-11)25-14-10-13-5-8-30-18(13)16(17(14)22)12-3-2-6-23-7-4-12/h4,11,13-19,23-29H,2-3,5-10H2,1H3. The van der Waals surface area contributed by atoms with Gasteiger partial charge in [-0.15, -0.1) is 0 Å². The molecule has 0 bridgehead atoms. The van der Waals surface area contributed by atoms with Gasteiger partial charge in [0.05, 0.1) is 12.3 Å². The van der Waals surface area contributed by atoms with Crippen molar-refractivity contribution in [2.75, 3.05) is 19.7 Å². The lowest BCUT2D eigenvalue weighted by atomic mass is 9.71. The number of alkyl halides is 1. The molecule has 2 saturated heterocycles. The average molecular weight is 423 g/mol. The Balaban J connectivity index is 1.46. The van der Waals surface area contributed by atoms with Crippen molar-refractivity contribution in [3.8, 4) is 0 Å². The van der Waals surface area contributed by atoms with Crippen LogP contribution in [-0.2, 0) is 4.74 Å². The summed E-state index contributed by atoms with van der Waals surface area (Å²) in [6.45, 7) is 4.44. The zero-order chi connectivity index (χ0) is 21.3. The quantitative estimate of drug-likeness (QED) is 0.171. The number of halogens is 1. The van der Waals surface area contributed by atoms with Gasteiger partial charge in [0.2, 0.25) is 0 Å². The van der Waals surface area contributed by atoms with Gasteiger partial charge in [0.1, 0.15) is 12.5 Å². The molecule has 3 aliphatic heterocycles. The molecule has 4 rings (SSSR count). The maximum atomic E-state index is 15.9. The Labute approximate surface area is 179 Å². The van der Waals surface area contributed by atoms with Crippen LogP contribution in [0.2, 0.25) is 0 Å². The van der Waals surface area contributed by atoms with E-state index in [1.54, 1.807) is 0 Å². The fourth-order valence-corrected chi connectivity index (χ4v) is 5.59. The summed E-state index contributed by atoms with van der Waals surface area (Å²) in [4.78, 5) is 0. The maximum absolute atomic E-state index is 15.9. The Morgan fingerprint density at radius 2 is 2.13 bits per heavy atom. The predicted octanol–water partition coefficient (Wildman–Crippen LogP) is -1.05. The van der Waals surface area contributed by atoms with E-state index < -0.39 is 18.1 Å². The molecule has 2 radical (unpaired) electrons. The number of ether oxygens (including phenoxy) is 1. The third kappa shape index (κ3) is 5.42. The highest BCUT2D eigenvalue weighted by atomic mass is 19.1. The van der Waals surface area contributed by atoms with E-state index in [0.717, 1.165) is 38.8 Å². The van der Waals surface area contributed by atoms with Crippen LogP contribution in [-0.4, -0.2) is 80.4 Å². The van der Waals surface area contributed by atoms with Crippen molar-refractivity contribution in [1.29, 1.82) is 0 Å². The van der Waals surface area contributed by atoms with Crippen LogP contribution < -0.4 is 26.6 Å². The zero-order valence-electron chi connectivity index (χ0n) is 17.6. The van der Waals surface area contributed by atoms with Crippen molar-refractivity contribution in [3.63, 3.8) is 0 Å². The van der Waals surface area contributed by atoms with Crippen LogP contribution in [0.5, 0.6) is 0 Å². The minimum absolute atomic E-state index is 0.0374. The molecule has 8 nitrogen and oxygen atoms in total. The summed E-state index contributed by atoms with van der Waals surface area (Å²) < 4.78 is 21.9. The minimum Gasteiger partial charge on any atom is -0.377 e. The van der Waals surface area contributed by atoms with Crippen LogP contribution in [0, 0.1) is 11.8 Å². The smallest absolute Gasteiger partial charge is 0.178 e. The second kappa shape index (κ2) is 9.50. The van der Waals surface area contributed by atoms with Gasteiger partial charge >= 0.3 is 0 Å². The largest absolute Gasteiger partial charge is 0.377 e. The number of rotatable bonds is 5. The molecule has 8 atom stereocenters. The molecule has 0 aromatic carbocycles. The summed E-state index contributed by atoms with van der Waals surface area (Å²) in [6, 6.07) is -0.240. The van der Waals surface area contributed by atoms with Gasteiger partial charge in [0, 0.05) is 31.2 Å². The van der Waals surface area contributed by atoms with Gasteiger partial charge < -0.3 is 20.3 Å². The molecule has 4 aliphatic rings. The summed E-state index contributed by atoms with van der Waals surface area (Å²) in [7, 11) is 5.27. The third-order valence-electron chi connectivity index (χ3n) is 6.83. The Morgan fingerprint density at radius 1 is 1.30 bits per heavy atom. The van der Waals surface area contributed by atoms with Crippen LogP contribution in [0.4, 0.5) is 4.39 Å². The van der Waals surface area contributed by atoms with Crippen molar-refractivity contribution >= 4 is 7.85 Å². The molecule has 1 saturated carbocycles. The van der Waals surface area contributed by atoms with Crippen molar-refractivity contribution < 1.29 is 19.3 Å². The highest BCUT2D eigenvalue weighted by molar-refractivity contribution is 6.12. The number of aliphatic hydroxyl groups is 2. The van der Waals surface area contributed by atoms with Crippen molar-refractivity contribution in [2.45, 2.75) is 81.7 Å². The van der Waals surface area contributed by atoms with Gasteiger partial charge in [-0.2, -0.15) is 0 Å². The predicted molar refractivity (Wildman–Crippen MR) is 112 cm³/mol. The van der Waals surface area contributed by atoms with E-state index >= 15 is 4.39 Å². The molecule has 3 fully saturated rings. The van der Waals surface area contributed by atoms with E-state index in [0.29, 0.717) is 18.9 Å². The average Bonchev–Trinajstić information content (AvgIpc) is 2.93. The summed E-state index contributed by atoms with van der Waals surface area (Å²) in [5.41, 5.74) is 1.18. The topological polar surface area (TPSA) is 110 Å². The maximum Gasteiger partial charge on any atom is 0.178 e. The van der Waals surface area contributed by atoms with E-state index in [2.05, 4.69) is 32.7 Å². The minimum atomic E-state index is -2.47. The van der Waals surface area contributed by atoms with Crippen LogP contribution in [0.1, 0.15) is 39.0 Å². The molecule has 7 N–H and O–H groups in total. The van der Waals surface area contributed by atoms with Gasteiger partial charge in [-0.1, -0.05) is 11.6 Å². The summed E-state index contributed by atoms with van der Waals surface area (Å²) in [6.07, 6.45) is 4.49. The van der Waals surface area contributed by atoms with Crippen molar-refractivity contribution in [3.05, 3.63) is 11.6 Å². The molecule has 30 heavy (non-hydrogen) atoms. The van der Waals surface area contributed by atoms with Gasteiger partial charge in [0.15, 0.2) is 13.7 Å². The molecular formula is C20H35BFN5O3. The summed E-state index contributed by atoms with van der Waals surface area (Å²) in [5, 5.41) is 34.8. The number of hydrogen-bond donors (Lipinski definition) is 7. The Hall–Kier alpha value is -0.585. The first kappa shape index (κ1) is 22.6. The lowest BCUT2D eigenvalue weighted by Crippen LogP contribution is -2.71. The Kier molecular flexibility index (Phi) is 7.16. The second-order valence-corrected chi connectivity index (χ2v) is 9.28. The lowest BCUT2D eigenvalue weighted by molar-refractivity contribution is -0.124. The van der Waals surface area contributed by atoms with Crippen LogP contribution in [0.25, 0.3) is 0 Å². The van der Waals surface area contributed by atoms with Crippen LogP contribution >= 0.6 is 0 Å². The van der Waals surface area contributed by atoms with E-state index in [1.165, 1.54) is 5.57 Å². The fourth-order valence-electron chi connectivity index (χ4n) is 5.59. The van der Waals surface area contributed by atoms with Gasteiger partial charge in [0.25, 0.3) is 0 Å². The molecule has 0 aromatic heterocycles. The number of nitrogens with one attached hydrogen (secondary N) is 5. The van der Waals surface area contributed by atoms with Gasteiger partial charge in [-0.25, -0.2) is 4.39 Å². The third-order valence-corrected chi connectivity index (χ3v) is 6.83. The normalized spacial score (nSPS) is 43.0. The van der Waals surface area contributed by atoms with Crippen LogP contribution in [0.15, 0.2) is 11.6 Å². The lowest BCUT2D eigenvalue weighted by Gasteiger charge is -2.45. The molecule has 3 heterocycles. The fraction of sp³-hybridized carbons (Fsp3) is 0.900. The molecule has 0 amide bonds. The summed E-state index contributed by atoms with van der Waals surface area (Å²) in [5.74, 6) is -2.34. The van der Waals surface area contributed by atoms with E-state index in [1.807, 2.05) is 6.92 Å². The molecular weight excluding hydrogens is 388 g/mol. The van der Waals surface area contributed by atoms with Crippen molar-refractivity contribution in [1.82, 2.24) is 26.6 Å². The Bertz CT molecular complexity index is 622. The Morgan fingerprint density at radius 3 is 2.93 bits per heavy atom. The van der Waals surface area contributed by atoms with Crippen molar-refractivity contribution in [2.24, 2.45) is 11.8 Å². The van der Waals surface area contributed by atoms with Gasteiger partial charge in [-0.05, 0) is 51.5 Å². The second-order valence-electron chi connectivity index (χ2n) is 9.28. The molecule has 10 heteroatoms. The monoisotopic (exact) mass is 423 g/mol. The number of fused-ring (bicyclic) bond motifs is 1.